The fourth-order valence-electron chi connectivity index (χ4n) is 1.13. The number of nitrogens with zero attached hydrogens (tertiary/aromatic N) is 1. The molecule has 0 N–H and O–H groups in total. The van der Waals surface area contributed by atoms with Crippen molar-refractivity contribution in [3.63, 3.8) is 0 Å². The molecule has 0 aliphatic heterocycles. The lowest BCUT2D eigenvalue weighted by Gasteiger charge is -2.02. The molecule has 0 radical (unpaired) electrons. The lowest BCUT2D eigenvalue weighted by molar-refractivity contribution is -0.137. The zero-order valence-corrected chi connectivity index (χ0v) is 8.90. The highest BCUT2D eigenvalue weighted by Gasteiger charge is 1.98. The first-order valence-electron chi connectivity index (χ1n) is 4.99. The van der Waals surface area contributed by atoms with Crippen molar-refractivity contribution in [1.82, 2.24) is 4.98 Å². The fraction of sp³-hybridized carbons (Fsp3) is 0.333. The monoisotopic (exact) mass is 205 g/mol. The number of rotatable bonds is 5. The summed E-state index contributed by atoms with van der Waals surface area (Å²) in [5.41, 5.74) is 2.14. The summed E-state index contributed by atoms with van der Waals surface area (Å²) in [6.07, 6.45) is 4.64. The highest BCUT2D eigenvalue weighted by molar-refractivity contribution is 5.81. The summed E-state index contributed by atoms with van der Waals surface area (Å²) in [7, 11) is 0. The van der Waals surface area contributed by atoms with Crippen LogP contribution in [0.3, 0.4) is 0 Å². The average molecular weight is 205 g/mol. The third-order valence-electron chi connectivity index (χ3n) is 2.06. The van der Waals surface area contributed by atoms with Gasteiger partial charge in [-0.2, -0.15) is 0 Å². The van der Waals surface area contributed by atoms with Crippen molar-refractivity contribution in [1.29, 1.82) is 0 Å². The molecule has 0 aliphatic carbocycles. The number of ether oxygens (including phenoxy) is 1. The molecule has 0 amide bonds. The van der Waals surface area contributed by atoms with E-state index in [4.69, 9.17) is 4.74 Å². The van der Waals surface area contributed by atoms with Gasteiger partial charge < -0.3 is 4.74 Å². The molecule has 1 heterocycles. The van der Waals surface area contributed by atoms with Gasteiger partial charge >= 0.3 is 5.97 Å². The van der Waals surface area contributed by atoms with Crippen LogP contribution in [0.1, 0.15) is 18.2 Å². The predicted molar refractivity (Wildman–Crippen MR) is 58.5 cm³/mol. The van der Waals surface area contributed by atoms with Crippen LogP contribution in [-0.2, 0) is 22.4 Å². The zero-order chi connectivity index (χ0) is 11.1. The second-order valence-electron chi connectivity index (χ2n) is 3.13. The Bertz CT molecular complexity index is 330. The summed E-state index contributed by atoms with van der Waals surface area (Å²) in [6.45, 7) is 5.76. The Kier molecular flexibility index (Phi) is 4.54. The van der Waals surface area contributed by atoms with Gasteiger partial charge in [-0.25, -0.2) is 4.79 Å². The predicted octanol–water partition coefficient (Wildman–Crippen LogP) is 1.92. The van der Waals surface area contributed by atoms with E-state index in [1.165, 1.54) is 5.56 Å². The van der Waals surface area contributed by atoms with Crippen LogP contribution in [-0.4, -0.2) is 17.6 Å². The molecule has 1 aromatic heterocycles. The van der Waals surface area contributed by atoms with Crippen molar-refractivity contribution in [3.05, 3.63) is 42.2 Å². The lowest BCUT2D eigenvalue weighted by Crippen LogP contribution is -2.05. The molecule has 15 heavy (non-hydrogen) atoms. The number of esters is 1. The smallest absolute Gasteiger partial charge is 0.330 e. The Labute approximate surface area is 89.8 Å². The summed E-state index contributed by atoms with van der Waals surface area (Å²) in [5, 5.41) is 0. The maximum Gasteiger partial charge on any atom is 0.330 e. The van der Waals surface area contributed by atoms with E-state index < -0.39 is 0 Å². The maximum atomic E-state index is 10.7. The van der Waals surface area contributed by atoms with Gasteiger partial charge in [0, 0.05) is 24.4 Å². The minimum absolute atomic E-state index is 0.351. The van der Waals surface area contributed by atoms with Crippen LogP contribution >= 0.6 is 0 Å². The second kappa shape index (κ2) is 5.96. The van der Waals surface area contributed by atoms with Crippen LogP contribution in [0.25, 0.3) is 0 Å². The first-order valence-corrected chi connectivity index (χ1v) is 4.99. The Balaban J connectivity index is 2.37. The molecule has 1 rings (SSSR count). The molecule has 3 heteroatoms. The lowest BCUT2D eigenvalue weighted by atomic mass is 10.2. The molecule has 1 aromatic rings. The van der Waals surface area contributed by atoms with Crippen LogP contribution in [0.4, 0.5) is 0 Å². The van der Waals surface area contributed by atoms with Gasteiger partial charge in [-0.05, 0) is 18.1 Å². The number of aromatic nitrogens is 1. The number of hydrogen-bond acceptors (Lipinski definition) is 3. The van der Waals surface area contributed by atoms with E-state index in [2.05, 4.69) is 18.5 Å². The van der Waals surface area contributed by atoms with Gasteiger partial charge in [0.05, 0.1) is 6.61 Å². The molecule has 3 nitrogen and oxygen atoms in total. The highest BCUT2D eigenvalue weighted by atomic mass is 16.5. The van der Waals surface area contributed by atoms with Gasteiger partial charge in [0.1, 0.15) is 0 Å². The number of aryl methyl sites for hydroxylation is 1. The minimum Gasteiger partial charge on any atom is -0.462 e. The molecule has 0 spiro atoms. The van der Waals surface area contributed by atoms with E-state index in [1.54, 1.807) is 0 Å². The fourth-order valence-corrected chi connectivity index (χ4v) is 1.13. The molecule has 0 saturated carbocycles. The number of hydrogen-bond donors (Lipinski definition) is 0. The van der Waals surface area contributed by atoms with Crippen LogP contribution < -0.4 is 0 Å². The largest absolute Gasteiger partial charge is 0.462 e. The van der Waals surface area contributed by atoms with E-state index in [-0.39, 0.29) is 5.97 Å². The molecule has 0 saturated heterocycles. The molecule has 0 fully saturated rings. The second-order valence-corrected chi connectivity index (χ2v) is 3.13. The standard InChI is InChI=1S/C12H15NO2/c1-3-10-5-6-11(13-9-10)7-8-15-12(14)4-2/h4-6,9H,2-3,7-8H2,1H3. The van der Waals surface area contributed by atoms with Gasteiger partial charge in [-0.3, -0.25) is 4.98 Å². The third kappa shape index (κ3) is 3.94. The van der Waals surface area contributed by atoms with Crippen LogP contribution in [0.15, 0.2) is 31.0 Å². The Morgan fingerprint density at radius 2 is 2.40 bits per heavy atom. The summed E-state index contributed by atoms with van der Waals surface area (Å²) < 4.78 is 4.85. The SMILES string of the molecule is C=CC(=O)OCCc1ccc(CC)cn1. The Morgan fingerprint density at radius 3 is 2.93 bits per heavy atom. The van der Waals surface area contributed by atoms with Crippen molar-refractivity contribution in [3.8, 4) is 0 Å². The van der Waals surface area contributed by atoms with Crippen molar-refractivity contribution < 1.29 is 9.53 Å². The number of pyridine rings is 1. The van der Waals surface area contributed by atoms with Crippen molar-refractivity contribution >= 4 is 5.97 Å². The van der Waals surface area contributed by atoms with Crippen molar-refractivity contribution in [2.75, 3.05) is 6.61 Å². The van der Waals surface area contributed by atoms with Crippen LogP contribution in [0, 0.1) is 0 Å². The molecule has 0 atom stereocenters. The normalized spacial score (nSPS) is 9.67. The summed E-state index contributed by atoms with van der Waals surface area (Å²) >= 11 is 0. The molecule has 0 aromatic carbocycles. The first kappa shape index (κ1) is 11.4. The highest BCUT2D eigenvalue weighted by Crippen LogP contribution is 2.01. The van der Waals surface area contributed by atoms with Gasteiger partial charge in [0.15, 0.2) is 0 Å². The topological polar surface area (TPSA) is 39.2 Å². The first-order chi connectivity index (χ1) is 7.26. The van der Waals surface area contributed by atoms with Crippen molar-refractivity contribution in [2.24, 2.45) is 0 Å². The van der Waals surface area contributed by atoms with Gasteiger partial charge in [-0.15, -0.1) is 0 Å². The van der Waals surface area contributed by atoms with E-state index in [9.17, 15) is 4.79 Å². The number of carbonyl (C=O) groups is 1. The molecular weight excluding hydrogens is 190 g/mol. The van der Waals surface area contributed by atoms with E-state index in [0.717, 1.165) is 18.2 Å². The quantitative estimate of drug-likeness (QED) is 0.544. The maximum absolute atomic E-state index is 10.7. The van der Waals surface area contributed by atoms with Crippen LogP contribution in [0.5, 0.6) is 0 Å². The van der Waals surface area contributed by atoms with E-state index in [1.807, 2.05) is 18.3 Å². The van der Waals surface area contributed by atoms with Crippen LogP contribution in [0.2, 0.25) is 0 Å². The summed E-state index contributed by atoms with van der Waals surface area (Å²) in [6, 6.07) is 4.00. The average Bonchev–Trinajstić information content (AvgIpc) is 2.29. The van der Waals surface area contributed by atoms with E-state index >= 15 is 0 Å². The third-order valence-corrected chi connectivity index (χ3v) is 2.06. The molecular formula is C12H15NO2. The van der Waals surface area contributed by atoms with Gasteiger partial charge in [-0.1, -0.05) is 19.6 Å². The molecule has 0 unspecified atom stereocenters. The number of carbonyl (C=O) groups excluding carboxylic acids is 1. The van der Waals surface area contributed by atoms with Crippen molar-refractivity contribution in [2.45, 2.75) is 19.8 Å². The minimum atomic E-state index is -0.389. The zero-order valence-electron chi connectivity index (χ0n) is 8.90. The van der Waals surface area contributed by atoms with Gasteiger partial charge in [0.2, 0.25) is 0 Å². The Hall–Kier alpha value is -1.64. The Morgan fingerprint density at radius 1 is 1.60 bits per heavy atom. The molecule has 80 valence electrons. The molecule has 0 aliphatic rings. The molecule has 0 bridgehead atoms. The van der Waals surface area contributed by atoms with E-state index in [0.29, 0.717) is 13.0 Å². The summed E-state index contributed by atoms with van der Waals surface area (Å²) in [4.78, 5) is 15.0. The van der Waals surface area contributed by atoms with Gasteiger partial charge in [0.25, 0.3) is 0 Å². The summed E-state index contributed by atoms with van der Waals surface area (Å²) in [5.74, 6) is -0.389.